The topological polar surface area (TPSA) is 15.3 Å². The zero-order chi connectivity index (χ0) is 15.7. The summed E-state index contributed by atoms with van der Waals surface area (Å²) in [6.45, 7) is 11.3. The summed E-state index contributed by atoms with van der Waals surface area (Å²) in [5, 5.41) is 4.16. The van der Waals surface area contributed by atoms with E-state index < -0.39 is 0 Å². The van der Waals surface area contributed by atoms with Crippen LogP contribution in [0.25, 0.3) is 0 Å². The quantitative estimate of drug-likeness (QED) is 0.895. The molecule has 1 aromatic rings. The number of piperazine rings is 1. The van der Waals surface area contributed by atoms with E-state index in [0.717, 1.165) is 31.5 Å². The van der Waals surface area contributed by atoms with Crippen LogP contribution in [0.4, 0.5) is 4.39 Å². The van der Waals surface area contributed by atoms with Crippen LogP contribution in [0.2, 0.25) is 5.02 Å². The molecule has 4 heteroatoms. The van der Waals surface area contributed by atoms with Gasteiger partial charge in [0.2, 0.25) is 0 Å². The lowest BCUT2D eigenvalue weighted by Gasteiger charge is -2.52. The summed E-state index contributed by atoms with van der Waals surface area (Å²) in [6.07, 6.45) is 2.17. The normalized spacial score (nSPS) is 21.4. The fourth-order valence-electron chi connectivity index (χ4n) is 3.00. The van der Waals surface area contributed by atoms with Crippen molar-refractivity contribution in [3.63, 3.8) is 0 Å². The van der Waals surface area contributed by atoms with E-state index in [1.54, 1.807) is 12.1 Å². The molecule has 1 aromatic carbocycles. The summed E-state index contributed by atoms with van der Waals surface area (Å²) >= 11 is 5.84. The third-order valence-corrected chi connectivity index (χ3v) is 5.21. The maximum Gasteiger partial charge on any atom is 0.129 e. The summed E-state index contributed by atoms with van der Waals surface area (Å²) in [6, 6.07) is 4.97. The average molecular weight is 313 g/mol. The van der Waals surface area contributed by atoms with Gasteiger partial charge in [-0.1, -0.05) is 31.5 Å². The van der Waals surface area contributed by atoms with E-state index in [0.29, 0.717) is 11.6 Å². The standard InChI is InChI=1S/C17H26ClFN2/c1-5-17(6-2)12-21(16(3,4)11-20-17)10-13-7-8-14(18)9-15(13)19/h7-9,20H,5-6,10-12H2,1-4H3. The van der Waals surface area contributed by atoms with Crippen molar-refractivity contribution in [3.05, 3.63) is 34.6 Å². The second-order valence-electron chi connectivity index (χ2n) is 6.75. The molecular formula is C17H26ClFN2. The Bertz CT molecular complexity index is 498. The summed E-state index contributed by atoms with van der Waals surface area (Å²) < 4.78 is 14.1. The fourth-order valence-corrected chi connectivity index (χ4v) is 3.16. The first-order valence-corrected chi connectivity index (χ1v) is 8.14. The van der Waals surface area contributed by atoms with Crippen LogP contribution >= 0.6 is 11.6 Å². The molecule has 0 spiro atoms. The molecule has 1 fully saturated rings. The lowest BCUT2D eigenvalue weighted by atomic mass is 9.84. The molecule has 1 N–H and O–H groups in total. The predicted octanol–water partition coefficient (Wildman–Crippen LogP) is 4.22. The van der Waals surface area contributed by atoms with E-state index in [1.807, 2.05) is 0 Å². The van der Waals surface area contributed by atoms with Gasteiger partial charge in [0.15, 0.2) is 0 Å². The van der Waals surface area contributed by atoms with Crippen LogP contribution in [0.3, 0.4) is 0 Å². The van der Waals surface area contributed by atoms with Crippen LogP contribution in [0, 0.1) is 5.82 Å². The molecule has 2 nitrogen and oxygen atoms in total. The van der Waals surface area contributed by atoms with Gasteiger partial charge in [0.1, 0.15) is 5.82 Å². The molecule has 0 aromatic heterocycles. The van der Waals surface area contributed by atoms with Gasteiger partial charge in [-0.05, 0) is 38.8 Å². The molecule has 0 unspecified atom stereocenters. The first-order chi connectivity index (χ1) is 9.82. The van der Waals surface area contributed by atoms with Crippen molar-refractivity contribution in [2.45, 2.75) is 58.2 Å². The van der Waals surface area contributed by atoms with Crippen LogP contribution in [0.1, 0.15) is 46.1 Å². The molecule has 1 saturated heterocycles. The van der Waals surface area contributed by atoms with Crippen molar-refractivity contribution < 1.29 is 4.39 Å². The second kappa shape index (κ2) is 6.23. The Morgan fingerprint density at radius 1 is 1.29 bits per heavy atom. The Balaban J connectivity index is 2.22. The molecule has 1 aliphatic heterocycles. The largest absolute Gasteiger partial charge is 0.308 e. The second-order valence-corrected chi connectivity index (χ2v) is 7.18. The number of nitrogens with one attached hydrogen (secondary N) is 1. The maximum atomic E-state index is 14.1. The summed E-state index contributed by atoms with van der Waals surface area (Å²) in [4.78, 5) is 2.39. The molecule has 1 aliphatic rings. The Hall–Kier alpha value is -0.640. The van der Waals surface area contributed by atoms with Gasteiger partial charge in [-0.3, -0.25) is 4.90 Å². The number of hydrogen-bond acceptors (Lipinski definition) is 2. The number of benzene rings is 1. The van der Waals surface area contributed by atoms with Gasteiger partial charge in [-0.25, -0.2) is 4.39 Å². The van der Waals surface area contributed by atoms with Crippen LogP contribution in [-0.2, 0) is 6.54 Å². The highest BCUT2D eigenvalue weighted by molar-refractivity contribution is 6.30. The zero-order valence-corrected chi connectivity index (χ0v) is 14.2. The van der Waals surface area contributed by atoms with E-state index in [1.165, 1.54) is 6.07 Å². The van der Waals surface area contributed by atoms with Crippen molar-refractivity contribution in [2.24, 2.45) is 0 Å². The van der Waals surface area contributed by atoms with Gasteiger partial charge in [0.05, 0.1) is 0 Å². The van der Waals surface area contributed by atoms with Gasteiger partial charge >= 0.3 is 0 Å². The molecule has 0 aliphatic carbocycles. The van der Waals surface area contributed by atoms with Crippen LogP contribution in [0.5, 0.6) is 0 Å². The van der Waals surface area contributed by atoms with Crippen molar-refractivity contribution in [2.75, 3.05) is 13.1 Å². The fraction of sp³-hybridized carbons (Fsp3) is 0.647. The molecule has 0 radical (unpaired) electrons. The molecule has 1 heterocycles. The highest BCUT2D eigenvalue weighted by Gasteiger charge is 2.40. The minimum absolute atomic E-state index is 0.0138. The summed E-state index contributed by atoms with van der Waals surface area (Å²) in [5.41, 5.74) is 0.869. The highest BCUT2D eigenvalue weighted by atomic mass is 35.5. The van der Waals surface area contributed by atoms with Crippen molar-refractivity contribution in [3.8, 4) is 0 Å². The van der Waals surface area contributed by atoms with Crippen LogP contribution < -0.4 is 5.32 Å². The SMILES string of the molecule is CCC1(CC)CN(Cc2ccc(Cl)cc2F)C(C)(C)CN1. The molecule has 0 amide bonds. The average Bonchev–Trinajstić information content (AvgIpc) is 2.44. The monoisotopic (exact) mass is 312 g/mol. The number of rotatable bonds is 4. The van der Waals surface area contributed by atoms with Crippen molar-refractivity contribution in [1.82, 2.24) is 10.2 Å². The van der Waals surface area contributed by atoms with Gasteiger partial charge in [-0.15, -0.1) is 0 Å². The Morgan fingerprint density at radius 3 is 2.52 bits per heavy atom. The number of nitrogens with zero attached hydrogens (tertiary/aromatic N) is 1. The van der Waals surface area contributed by atoms with Crippen molar-refractivity contribution >= 4 is 11.6 Å². The molecule has 2 rings (SSSR count). The maximum absolute atomic E-state index is 14.1. The van der Waals surface area contributed by atoms with Gasteiger partial charge in [0.25, 0.3) is 0 Å². The minimum Gasteiger partial charge on any atom is -0.308 e. The summed E-state index contributed by atoms with van der Waals surface area (Å²) in [7, 11) is 0. The van der Waals surface area contributed by atoms with Crippen LogP contribution in [0.15, 0.2) is 18.2 Å². The van der Waals surface area contributed by atoms with Crippen LogP contribution in [-0.4, -0.2) is 29.1 Å². The Labute approximate surface area is 132 Å². The molecule has 21 heavy (non-hydrogen) atoms. The van der Waals surface area contributed by atoms with Gasteiger partial charge in [-0.2, -0.15) is 0 Å². The Morgan fingerprint density at radius 2 is 1.95 bits per heavy atom. The minimum atomic E-state index is -0.213. The van der Waals surface area contributed by atoms with E-state index >= 15 is 0 Å². The lowest BCUT2D eigenvalue weighted by molar-refractivity contribution is 0.0154. The smallest absolute Gasteiger partial charge is 0.129 e. The number of hydrogen-bond donors (Lipinski definition) is 1. The molecule has 0 atom stereocenters. The summed E-state index contributed by atoms with van der Waals surface area (Å²) in [5.74, 6) is -0.213. The molecule has 118 valence electrons. The first-order valence-electron chi connectivity index (χ1n) is 7.76. The third-order valence-electron chi connectivity index (χ3n) is 4.98. The lowest BCUT2D eigenvalue weighted by Crippen LogP contribution is -2.67. The number of halogens is 2. The highest BCUT2D eigenvalue weighted by Crippen LogP contribution is 2.30. The van der Waals surface area contributed by atoms with E-state index in [-0.39, 0.29) is 16.9 Å². The molecule has 0 saturated carbocycles. The first kappa shape index (κ1) is 16.7. The van der Waals surface area contributed by atoms with Gasteiger partial charge < -0.3 is 5.32 Å². The predicted molar refractivity (Wildman–Crippen MR) is 87.2 cm³/mol. The van der Waals surface area contributed by atoms with E-state index in [4.69, 9.17) is 11.6 Å². The zero-order valence-electron chi connectivity index (χ0n) is 13.5. The molecule has 0 bridgehead atoms. The van der Waals surface area contributed by atoms with Crippen molar-refractivity contribution in [1.29, 1.82) is 0 Å². The van der Waals surface area contributed by atoms with Gasteiger partial charge in [0, 0.05) is 41.3 Å². The van der Waals surface area contributed by atoms with E-state index in [2.05, 4.69) is 37.9 Å². The van der Waals surface area contributed by atoms with E-state index in [9.17, 15) is 4.39 Å². The molecular weight excluding hydrogens is 287 g/mol. The Kier molecular flexibility index (Phi) is 4.96. The third kappa shape index (κ3) is 3.58.